The van der Waals surface area contributed by atoms with Crippen molar-refractivity contribution in [3.8, 4) is 0 Å². The van der Waals surface area contributed by atoms with Gasteiger partial charge in [-0.25, -0.2) is 4.98 Å². The van der Waals surface area contributed by atoms with Crippen LogP contribution in [-0.2, 0) is 20.9 Å². The number of rotatable bonds is 7. The third-order valence-electron chi connectivity index (χ3n) is 5.22. The Kier molecular flexibility index (Phi) is 7.08. The van der Waals surface area contributed by atoms with Gasteiger partial charge < -0.3 is 10.1 Å². The minimum Gasteiger partial charge on any atom is -0.468 e. The maximum Gasteiger partial charge on any atom is 0.325 e. The van der Waals surface area contributed by atoms with Crippen LogP contribution in [0.4, 0.5) is 5.69 Å². The highest BCUT2D eigenvalue weighted by Gasteiger charge is 2.26. The van der Waals surface area contributed by atoms with Crippen molar-refractivity contribution in [2.75, 3.05) is 12.4 Å². The zero-order chi connectivity index (χ0) is 24.1. The number of nitrogens with one attached hydrogen (secondary N) is 1. The highest BCUT2D eigenvalue weighted by atomic mass is 32.2. The van der Waals surface area contributed by atoms with Crippen LogP contribution >= 0.6 is 11.8 Å². The molecule has 4 aromatic rings. The van der Waals surface area contributed by atoms with Crippen LogP contribution in [0.25, 0.3) is 10.9 Å². The lowest BCUT2D eigenvalue weighted by atomic mass is 10.1. The van der Waals surface area contributed by atoms with Crippen molar-refractivity contribution in [2.24, 2.45) is 0 Å². The van der Waals surface area contributed by atoms with Crippen molar-refractivity contribution in [3.05, 3.63) is 100 Å². The van der Waals surface area contributed by atoms with Gasteiger partial charge in [0.15, 0.2) is 5.16 Å². The Morgan fingerprint density at radius 3 is 2.38 bits per heavy atom. The van der Waals surface area contributed by atoms with Crippen molar-refractivity contribution in [1.29, 1.82) is 0 Å². The first kappa shape index (κ1) is 23.3. The number of methoxy groups -OCH3 is 1. The fourth-order valence-corrected chi connectivity index (χ4v) is 4.52. The molecular formula is C26H23N3O4S. The van der Waals surface area contributed by atoms with E-state index in [0.29, 0.717) is 16.6 Å². The smallest absolute Gasteiger partial charge is 0.325 e. The Labute approximate surface area is 200 Å². The first-order valence-corrected chi connectivity index (χ1v) is 11.5. The second kappa shape index (κ2) is 10.4. The number of aromatic nitrogens is 2. The van der Waals surface area contributed by atoms with Gasteiger partial charge >= 0.3 is 5.97 Å². The molecule has 172 valence electrons. The molecule has 0 bridgehead atoms. The first-order chi connectivity index (χ1) is 16.5. The van der Waals surface area contributed by atoms with Crippen LogP contribution in [0.5, 0.6) is 0 Å². The lowest BCUT2D eigenvalue weighted by Gasteiger charge is -2.19. The highest BCUT2D eigenvalue weighted by molar-refractivity contribution is 8.00. The quantitative estimate of drug-likeness (QED) is 0.244. The van der Waals surface area contributed by atoms with E-state index in [-0.39, 0.29) is 23.2 Å². The number of thioether (sulfide) groups is 1. The second-order valence-electron chi connectivity index (χ2n) is 7.64. The molecule has 0 saturated heterocycles. The number of carbonyl (C=O) groups excluding carboxylic acids is 2. The van der Waals surface area contributed by atoms with E-state index in [1.54, 1.807) is 24.3 Å². The lowest BCUT2D eigenvalue weighted by Crippen LogP contribution is -2.28. The predicted molar refractivity (Wildman–Crippen MR) is 133 cm³/mol. The van der Waals surface area contributed by atoms with E-state index in [1.807, 2.05) is 61.5 Å². The molecule has 0 aliphatic heterocycles. The van der Waals surface area contributed by atoms with E-state index in [4.69, 9.17) is 4.74 Å². The number of benzene rings is 3. The Balaban J connectivity index is 1.77. The molecule has 1 N–H and O–H groups in total. The van der Waals surface area contributed by atoms with Crippen molar-refractivity contribution in [3.63, 3.8) is 0 Å². The average Bonchev–Trinajstić information content (AvgIpc) is 2.86. The third-order valence-corrected chi connectivity index (χ3v) is 6.47. The minimum atomic E-state index is -0.723. The Morgan fingerprint density at radius 2 is 1.68 bits per heavy atom. The number of para-hydroxylation sites is 1. The second-order valence-corrected chi connectivity index (χ2v) is 8.72. The van der Waals surface area contributed by atoms with Gasteiger partial charge in [-0.2, -0.15) is 0 Å². The van der Waals surface area contributed by atoms with Gasteiger partial charge in [-0.05, 0) is 36.8 Å². The zero-order valence-electron chi connectivity index (χ0n) is 18.7. The number of anilines is 1. The summed E-state index contributed by atoms with van der Waals surface area (Å²) in [5.41, 5.74) is 2.60. The van der Waals surface area contributed by atoms with E-state index in [0.717, 1.165) is 22.9 Å². The maximum atomic E-state index is 13.4. The summed E-state index contributed by atoms with van der Waals surface area (Å²) >= 11 is 1.11. The van der Waals surface area contributed by atoms with Crippen molar-refractivity contribution >= 4 is 40.2 Å². The molecule has 34 heavy (non-hydrogen) atoms. The number of ether oxygens (including phenoxy) is 1. The average molecular weight is 474 g/mol. The molecule has 0 fully saturated rings. The Morgan fingerprint density at radius 1 is 1.00 bits per heavy atom. The number of amides is 1. The summed E-state index contributed by atoms with van der Waals surface area (Å²) in [4.78, 5) is 43.3. The van der Waals surface area contributed by atoms with Crippen molar-refractivity contribution < 1.29 is 14.3 Å². The maximum absolute atomic E-state index is 13.4. The molecule has 4 rings (SSSR count). The fourth-order valence-electron chi connectivity index (χ4n) is 3.42. The number of carbonyl (C=O) groups is 2. The minimum absolute atomic E-state index is 0.252. The van der Waals surface area contributed by atoms with Crippen LogP contribution in [0.1, 0.15) is 16.4 Å². The van der Waals surface area contributed by atoms with Gasteiger partial charge in [-0.3, -0.25) is 19.0 Å². The molecule has 8 heteroatoms. The number of nitrogens with zero attached hydrogens (tertiary/aromatic N) is 2. The molecule has 1 aromatic heterocycles. The summed E-state index contributed by atoms with van der Waals surface area (Å²) in [6.07, 6.45) is 0. The van der Waals surface area contributed by atoms with E-state index < -0.39 is 11.2 Å². The summed E-state index contributed by atoms with van der Waals surface area (Å²) in [7, 11) is 1.26. The molecule has 7 nitrogen and oxygen atoms in total. The summed E-state index contributed by atoms with van der Waals surface area (Å²) in [6, 6.07) is 23.7. The number of fused-ring (bicyclic) bond motifs is 1. The van der Waals surface area contributed by atoms with Gasteiger partial charge in [0.05, 0.1) is 18.0 Å². The molecule has 1 heterocycles. The lowest BCUT2D eigenvalue weighted by molar-refractivity contribution is -0.141. The van der Waals surface area contributed by atoms with Crippen LogP contribution in [0, 0.1) is 6.92 Å². The summed E-state index contributed by atoms with van der Waals surface area (Å²) in [5.74, 6) is -0.853. The third kappa shape index (κ3) is 5.18. The number of esters is 1. The molecule has 0 radical (unpaired) electrons. The van der Waals surface area contributed by atoms with Gasteiger partial charge in [0, 0.05) is 5.69 Å². The SMILES string of the molecule is COC(=O)Cn1c(SC(C(=O)Nc2ccc(C)cc2)c2ccccc2)nc2ccccc2c1=O. The summed E-state index contributed by atoms with van der Waals surface area (Å²) in [5, 5.41) is 2.86. The summed E-state index contributed by atoms with van der Waals surface area (Å²) < 4.78 is 6.04. The molecule has 3 aromatic carbocycles. The van der Waals surface area contributed by atoms with Crippen LogP contribution in [0.2, 0.25) is 0 Å². The number of aryl methyl sites for hydroxylation is 1. The van der Waals surface area contributed by atoms with Crippen LogP contribution < -0.4 is 10.9 Å². The molecule has 0 spiro atoms. The van der Waals surface area contributed by atoms with Crippen molar-refractivity contribution in [2.45, 2.75) is 23.9 Å². The van der Waals surface area contributed by atoms with Gasteiger partial charge in [0.2, 0.25) is 5.91 Å². The van der Waals surface area contributed by atoms with Crippen LogP contribution in [0.15, 0.2) is 88.8 Å². The molecule has 0 aliphatic rings. The largest absolute Gasteiger partial charge is 0.468 e. The standard InChI is InChI=1S/C26H23N3O4S/c1-17-12-14-19(15-13-17)27-24(31)23(18-8-4-3-5-9-18)34-26-28-21-11-7-6-10-20(21)25(32)29(26)16-22(30)33-2/h3-15,23H,16H2,1-2H3,(H,27,31). The monoisotopic (exact) mass is 473 g/mol. The molecule has 0 saturated carbocycles. The van der Waals surface area contributed by atoms with Gasteiger partial charge in [-0.1, -0.05) is 71.9 Å². The van der Waals surface area contributed by atoms with E-state index in [1.165, 1.54) is 11.7 Å². The molecule has 0 aliphatic carbocycles. The van der Waals surface area contributed by atoms with Gasteiger partial charge in [0.25, 0.3) is 5.56 Å². The topological polar surface area (TPSA) is 90.3 Å². The summed E-state index contributed by atoms with van der Waals surface area (Å²) in [6.45, 7) is 1.66. The molecule has 1 unspecified atom stereocenters. The van der Waals surface area contributed by atoms with E-state index >= 15 is 0 Å². The van der Waals surface area contributed by atoms with E-state index in [2.05, 4.69) is 10.3 Å². The highest BCUT2D eigenvalue weighted by Crippen LogP contribution is 2.35. The molecule has 1 atom stereocenters. The Bertz CT molecular complexity index is 1390. The fraction of sp³-hybridized carbons (Fsp3) is 0.154. The molecular weight excluding hydrogens is 450 g/mol. The first-order valence-electron chi connectivity index (χ1n) is 10.6. The van der Waals surface area contributed by atoms with E-state index in [9.17, 15) is 14.4 Å². The van der Waals surface area contributed by atoms with Crippen LogP contribution in [0.3, 0.4) is 0 Å². The van der Waals surface area contributed by atoms with Gasteiger partial charge in [0.1, 0.15) is 11.8 Å². The Hall–Kier alpha value is -3.91. The number of hydrogen-bond donors (Lipinski definition) is 1. The predicted octanol–water partition coefficient (Wildman–Crippen LogP) is 4.35. The number of hydrogen-bond acceptors (Lipinski definition) is 6. The normalized spacial score (nSPS) is 11.7. The zero-order valence-corrected chi connectivity index (χ0v) is 19.5. The van der Waals surface area contributed by atoms with Crippen LogP contribution in [-0.4, -0.2) is 28.5 Å². The molecule has 1 amide bonds. The van der Waals surface area contributed by atoms with Crippen molar-refractivity contribution in [1.82, 2.24) is 9.55 Å². The van der Waals surface area contributed by atoms with Gasteiger partial charge in [-0.15, -0.1) is 0 Å².